The van der Waals surface area contributed by atoms with E-state index in [9.17, 15) is 0 Å². The second-order valence-electron chi connectivity index (χ2n) is 6.92. The number of hydrogen-bond donors (Lipinski definition) is 2. The first-order chi connectivity index (χ1) is 14.4. The Hall–Kier alpha value is -3.03. The van der Waals surface area contributed by atoms with E-state index in [4.69, 9.17) is 9.72 Å². The molecule has 3 aromatic rings. The summed E-state index contributed by atoms with van der Waals surface area (Å²) >= 11 is 0. The minimum absolute atomic E-state index is 0.633. The molecule has 0 amide bonds. The summed E-state index contributed by atoms with van der Waals surface area (Å²) in [7, 11) is 0. The van der Waals surface area contributed by atoms with Crippen LogP contribution in [0, 0.1) is 0 Å². The molecule has 2 N–H and O–H groups in total. The molecule has 1 fully saturated rings. The van der Waals surface area contributed by atoms with Gasteiger partial charge in [0.1, 0.15) is 5.82 Å². The molecule has 7 nitrogen and oxygen atoms in total. The Kier molecular flexibility index (Phi) is 6.62. The number of morpholine rings is 1. The van der Waals surface area contributed by atoms with Crippen LogP contribution in [-0.4, -0.2) is 59.2 Å². The fourth-order valence-corrected chi connectivity index (χ4v) is 3.22. The fourth-order valence-electron chi connectivity index (χ4n) is 3.22. The highest BCUT2D eigenvalue weighted by atomic mass is 16.5. The van der Waals surface area contributed by atoms with Crippen LogP contribution in [0.5, 0.6) is 0 Å². The van der Waals surface area contributed by atoms with Gasteiger partial charge in [-0.3, -0.25) is 9.88 Å². The lowest BCUT2D eigenvalue weighted by molar-refractivity contribution is 0.0398. The van der Waals surface area contributed by atoms with Gasteiger partial charge in [-0.1, -0.05) is 36.4 Å². The zero-order chi connectivity index (χ0) is 19.7. The van der Waals surface area contributed by atoms with Gasteiger partial charge in [0, 0.05) is 56.7 Å². The summed E-state index contributed by atoms with van der Waals surface area (Å²) in [6.45, 7) is 5.97. The van der Waals surface area contributed by atoms with E-state index in [2.05, 4.69) is 37.6 Å². The normalized spacial score (nSPS) is 14.5. The Morgan fingerprint density at radius 1 is 0.966 bits per heavy atom. The smallest absolute Gasteiger partial charge is 0.225 e. The van der Waals surface area contributed by atoms with Crippen LogP contribution in [0.2, 0.25) is 0 Å². The van der Waals surface area contributed by atoms with Crippen LogP contribution in [0.4, 0.5) is 11.8 Å². The molecule has 0 spiro atoms. The highest BCUT2D eigenvalue weighted by Crippen LogP contribution is 2.21. The van der Waals surface area contributed by atoms with E-state index in [0.29, 0.717) is 12.5 Å². The third-order valence-corrected chi connectivity index (χ3v) is 4.81. The summed E-state index contributed by atoms with van der Waals surface area (Å²) in [5.74, 6) is 1.42. The van der Waals surface area contributed by atoms with Crippen LogP contribution < -0.4 is 10.6 Å². The van der Waals surface area contributed by atoms with Gasteiger partial charge in [0.05, 0.1) is 18.9 Å². The summed E-state index contributed by atoms with van der Waals surface area (Å²) < 4.78 is 5.41. The van der Waals surface area contributed by atoms with Crippen LogP contribution in [-0.2, 0) is 11.3 Å². The lowest BCUT2D eigenvalue weighted by Crippen LogP contribution is -2.39. The molecule has 4 rings (SSSR count). The molecule has 1 aliphatic rings. The van der Waals surface area contributed by atoms with Crippen molar-refractivity contribution in [2.24, 2.45) is 0 Å². The summed E-state index contributed by atoms with van der Waals surface area (Å²) in [5.41, 5.74) is 3.06. The monoisotopic (exact) mass is 390 g/mol. The van der Waals surface area contributed by atoms with Crippen LogP contribution in [0.3, 0.4) is 0 Å². The molecule has 29 heavy (non-hydrogen) atoms. The zero-order valence-corrected chi connectivity index (χ0v) is 16.4. The maximum absolute atomic E-state index is 5.41. The Morgan fingerprint density at radius 2 is 1.83 bits per heavy atom. The van der Waals surface area contributed by atoms with Gasteiger partial charge in [0.25, 0.3) is 0 Å². The van der Waals surface area contributed by atoms with Gasteiger partial charge in [-0.05, 0) is 11.6 Å². The molecule has 0 aliphatic carbocycles. The van der Waals surface area contributed by atoms with E-state index in [1.165, 1.54) is 0 Å². The highest BCUT2D eigenvalue weighted by molar-refractivity contribution is 5.64. The standard InChI is InChI=1S/C22H26N6O/c1-2-6-19(7-3-1)20-15-21(25-17-18-5-4-8-23-16-18)27-22(26-20)24-9-10-28-11-13-29-14-12-28/h1-8,15-16H,9-14,17H2,(H2,24,25,26,27). The second-order valence-corrected chi connectivity index (χ2v) is 6.92. The molecule has 0 atom stereocenters. The molecule has 0 bridgehead atoms. The number of nitrogens with one attached hydrogen (secondary N) is 2. The number of ether oxygens (including phenoxy) is 1. The minimum atomic E-state index is 0.633. The number of pyridine rings is 1. The van der Waals surface area contributed by atoms with Crippen molar-refractivity contribution in [1.82, 2.24) is 19.9 Å². The summed E-state index contributed by atoms with van der Waals surface area (Å²) in [5, 5.41) is 6.78. The molecular weight excluding hydrogens is 364 g/mol. The number of nitrogens with zero attached hydrogens (tertiary/aromatic N) is 4. The number of benzene rings is 1. The maximum atomic E-state index is 5.41. The SMILES string of the molecule is c1ccc(-c2cc(NCc3cccnc3)nc(NCCN3CCOCC3)n2)cc1. The molecule has 1 aromatic carbocycles. The first-order valence-electron chi connectivity index (χ1n) is 9.98. The molecular formula is C22H26N6O. The summed E-state index contributed by atoms with van der Waals surface area (Å²) in [4.78, 5) is 15.9. The van der Waals surface area contributed by atoms with E-state index in [-0.39, 0.29) is 0 Å². The van der Waals surface area contributed by atoms with Gasteiger partial charge < -0.3 is 15.4 Å². The number of rotatable bonds is 8. The third-order valence-electron chi connectivity index (χ3n) is 4.81. The van der Waals surface area contributed by atoms with Crippen molar-refractivity contribution in [3.63, 3.8) is 0 Å². The molecule has 0 radical (unpaired) electrons. The molecule has 0 unspecified atom stereocenters. The largest absolute Gasteiger partial charge is 0.379 e. The van der Waals surface area contributed by atoms with Gasteiger partial charge >= 0.3 is 0 Å². The predicted octanol–water partition coefficient (Wildman–Crippen LogP) is 2.89. The van der Waals surface area contributed by atoms with E-state index in [1.54, 1.807) is 6.20 Å². The lowest BCUT2D eigenvalue weighted by atomic mass is 10.1. The molecule has 7 heteroatoms. The average molecular weight is 390 g/mol. The van der Waals surface area contributed by atoms with Gasteiger partial charge in [0.2, 0.25) is 5.95 Å². The van der Waals surface area contributed by atoms with Gasteiger partial charge in [0.15, 0.2) is 0 Å². The van der Waals surface area contributed by atoms with Crippen LogP contribution in [0.1, 0.15) is 5.56 Å². The van der Waals surface area contributed by atoms with E-state index >= 15 is 0 Å². The number of aromatic nitrogens is 3. The van der Waals surface area contributed by atoms with Crippen molar-refractivity contribution >= 4 is 11.8 Å². The molecule has 1 saturated heterocycles. The van der Waals surface area contributed by atoms with Crippen molar-refractivity contribution in [2.75, 3.05) is 50.0 Å². The molecule has 3 heterocycles. The average Bonchev–Trinajstić information content (AvgIpc) is 2.80. The van der Waals surface area contributed by atoms with Crippen molar-refractivity contribution in [1.29, 1.82) is 0 Å². The van der Waals surface area contributed by atoms with Crippen LogP contribution in [0.25, 0.3) is 11.3 Å². The van der Waals surface area contributed by atoms with Crippen molar-refractivity contribution in [3.05, 3.63) is 66.5 Å². The van der Waals surface area contributed by atoms with Gasteiger partial charge in [-0.2, -0.15) is 4.98 Å². The van der Waals surface area contributed by atoms with Crippen molar-refractivity contribution in [2.45, 2.75) is 6.54 Å². The molecule has 0 saturated carbocycles. The Morgan fingerprint density at radius 3 is 2.62 bits per heavy atom. The zero-order valence-electron chi connectivity index (χ0n) is 16.4. The van der Waals surface area contributed by atoms with Crippen LogP contribution in [0.15, 0.2) is 60.9 Å². The maximum Gasteiger partial charge on any atom is 0.225 e. The van der Waals surface area contributed by atoms with Crippen LogP contribution >= 0.6 is 0 Å². The van der Waals surface area contributed by atoms with Crippen molar-refractivity contribution in [3.8, 4) is 11.3 Å². The quantitative estimate of drug-likeness (QED) is 0.612. The molecule has 150 valence electrons. The van der Waals surface area contributed by atoms with E-state index in [1.807, 2.05) is 42.6 Å². The minimum Gasteiger partial charge on any atom is -0.379 e. The third kappa shape index (κ3) is 5.73. The predicted molar refractivity (Wildman–Crippen MR) is 115 cm³/mol. The lowest BCUT2D eigenvalue weighted by Gasteiger charge is -2.26. The number of hydrogen-bond acceptors (Lipinski definition) is 7. The van der Waals surface area contributed by atoms with E-state index in [0.717, 1.165) is 62.0 Å². The van der Waals surface area contributed by atoms with E-state index < -0.39 is 0 Å². The Balaban J connectivity index is 1.46. The topological polar surface area (TPSA) is 75.2 Å². The highest BCUT2D eigenvalue weighted by Gasteiger charge is 2.11. The van der Waals surface area contributed by atoms with Gasteiger partial charge in [-0.25, -0.2) is 4.98 Å². The van der Waals surface area contributed by atoms with Crippen molar-refractivity contribution < 1.29 is 4.74 Å². The number of anilines is 2. The molecule has 2 aromatic heterocycles. The molecule has 1 aliphatic heterocycles. The summed E-state index contributed by atoms with van der Waals surface area (Å²) in [6, 6.07) is 16.1. The fraction of sp³-hybridized carbons (Fsp3) is 0.318. The second kappa shape index (κ2) is 9.95. The first-order valence-corrected chi connectivity index (χ1v) is 9.98. The Labute approximate surface area is 171 Å². The first kappa shape index (κ1) is 19.3. The van der Waals surface area contributed by atoms with Gasteiger partial charge in [-0.15, -0.1) is 0 Å². The summed E-state index contributed by atoms with van der Waals surface area (Å²) in [6.07, 6.45) is 3.63. The Bertz CT molecular complexity index is 884.